The third-order valence-electron chi connectivity index (χ3n) is 5.61. The van der Waals surface area contributed by atoms with Crippen molar-refractivity contribution in [2.45, 2.75) is 25.9 Å². The van der Waals surface area contributed by atoms with E-state index in [0.717, 1.165) is 10.5 Å². The van der Waals surface area contributed by atoms with Crippen LogP contribution in [0.4, 0.5) is 20.6 Å². The van der Waals surface area contributed by atoms with Crippen LogP contribution in [0.15, 0.2) is 72.8 Å². The predicted molar refractivity (Wildman–Crippen MR) is 126 cm³/mol. The Kier molecular flexibility index (Phi) is 6.58. The summed E-state index contributed by atoms with van der Waals surface area (Å²) in [5.74, 6) is -0.731. The molecule has 0 spiro atoms. The number of rotatable bonds is 7. The minimum absolute atomic E-state index is 0.00875. The zero-order chi connectivity index (χ0) is 24.2. The maximum atomic E-state index is 13.7. The third kappa shape index (κ3) is 4.91. The van der Waals surface area contributed by atoms with E-state index in [2.05, 4.69) is 5.32 Å². The van der Waals surface area contributed by atoms with Crippen LogP contribution in [0, 0.1) is 12.7 Å². The minimum Gasteiger partial charge on any atom is -0.497 e. The van der Waals surface area contributed by atoms with Gasteiger partial charge in [0.25, 0.3) is 5.91 Å². The van der Waals surface area contributed by atoms with E-state index in [4.69, 9.17) is 4.74 Å². The first-order chi connectivity index (χ1) is 16.4. The lowest BCUT2D eigenvalue weighted by atomic mass is 10.1. The van der Waals surface area contributed by atoms with Crippen molar-refractivity contribution in [1.82, 2.24) is 4.90 Å². The van der Waals surface area contributed by atoms with Crippen molar-refractivity contribution in [3.8, 4) is 5.75 Å². The summed E-state index contributed by atoms with van der Waals surface area (Å²) in [5, 5.41) is 2.75. The SMILES string of the molecule is COc1ccc(NC(=O)C[C@@H]2C(=O)N(c3ccc(C)cc3)C(=O)N2Cc2cccc(F)c2)cc1. The van der Waals surface area contributed by atoms with E-state index in [0.29, 0.717) is 22.7 Å². The zero-order valence-corrected chi connectivity index (χ0v) is 18.8. The number of benzene rings is 3. The number of halogens is 1. The number of anilines is 2. The number of ether oxygens (including phenoxy) is 1. The standard InChI is InChI=1S/C26H24FN3O4/c1-17-6-10-21(11-7-17)30-25(32)23(15-24(31)28-20-8-12-22(34-2)13-9-20)29(26(30)33)16-18-4-3-5-19(27)14-18/h3-14,23H,15-16H2,1-2H3,(H,28,31)/t23-/m1/s1. The quantitative estimate of drug-likeness (QED) is 0.525. The summed E-state index contributed by atoms with van der Waals surface area (Å²) in [6, 6.07) is 18.0. The van der Waals surface area contributed by atoms with Crippen LogP contribution in [0.2, 0.25) is 0 Å². The van der Waals surface area contributed by atoms with Gasteiger partial charge in [-0.15, -0.1) is 0 Å². The topological polar surface area (TPSA) is 79.0 Å². The Morgan fingerprint density at radius 3 is 2.38 bits per heavy atom. The molecular weight excluding hydrogens is 437 g/mol. The van der Waals surface area contributed by atoms with Crippen LogP contribution >= 0.6 is 0 Å². The number of amides is 4. The van der Waals surface area contributed by atoms with Crippen LogP contribution in [0.5, 0.6) is 5.75 Å². The molecule has 0 bridgehead atoms. The highest BCUT2D eigenvalue weighted by Gasteiger charge is 2.46. The Labute approximate surface area is 196 Å². The average Bonchev–Trinajstić information content (AvgIpc) is 3.04. The molecular formula is C26H24FN3O4. The second-order valence-electron chi connectivity index (χ2n) is 8.05. The molecule has 1 heterocycles. The minimum atomic E-state index is -1.03. The summed E-state index contributed by atoms with van der Waals surface area (Å²) in [6.07, 6.45) is -0.242. The molecule has 1 aliphatic heterocycles. The molecule has 1 fully saturated rings. The van der Waals surface area contributed by atoms with Gasteiger partial charge in [0.2, 0.25) is 5.91 Å². The number of urea groups is 1. The van der Waals surface area contributed by atoms with Gasteiger partial charge in [-0.25, -0.2) is 14.1 Å². The smallest absolute Gasteiger partial charge is 0.332 e. The van der Waals surface area contributed by atoms with Gasteiger partial charge in [-0.1, -0.05) is 29.8 Å². The molecule has 0 aromatic heterocycles. The first kappa shape index (κ1) is 23.0. The van der Waals surface area contributed by atoms with Crippen molar-refractivity contribution in [2.24, 2.45) is 0 Å². The normalized spacial score (nSPS) is 15.6. The summed E-state index contributed by atoms with van der Waals surface area (Å²) >= 11 is 0. The Morgan fingerprint density at radius 2 is 1.74 bits per heavy atom. The van der Waals surface area contributed by atoms with E-state index in [1.165, 1.54) is 23.1 Å². The van der Waals surface area contributed by atoms with Crippen LogP contribution in [0.25, 0.3) is 0 Å². The Bertz CT molecular complexity index is 1210. The van der Waals surface area contributed by atoms with Gasteiger partial charge in [0.1, 0.15) is 17.6 Å². The fourth-order valence-corrected chi connectivity index (χ4v) is 3.84. The molecule has 0 saturated carbocycles. The first-order valence-corrected chi connectivity index (χ1v) is 10.8. The lowest BCUT2D eigenvalue weighted by Gasteiger charge is -2.21. The number of imide groups is 1. The highest BCUT2D eigenvalue weighted by Crippen LogP contribution is 2.29. The molecule has 1 aliphatic rings. The van der Waals surface area contributed by atoms with Gasteiger partial charge in [0.15, 0.2) is 0 Å². The van der Waals surface area contributed by atoms with Crippen LogP contribution in [-0.2, 0) is 16.1 Å². The number of hydrogen-bond donors (Lipinski definition) is 1. The Morgan fingerprint density at radius 1 is 1.03 bits per heavy atom. The van der Waals surface area contributed by atoms with Crippen molar-refractivity contribution in [3.05, 3.63) is 89.7 Å². The molecule has 1 atom stereocenters. The summed E-state index contributed by atoms with van der Waals surface area (Å²) in [6.45, 7) is 1.89. The molecule has 3 aromatic rings. The highest BCUT2D eigenvalue weighted by atomic mass is 19.1. The highest BCUT2D eigenvalue weighted by molar-refractivity contribution is 6.22. The molecule has 0 aliphatic carbocycles. The predicted octanol–water partition coefficient (Wildman–Crippen LogP) is 4.51. The molecule has 4 amide bonds. The Balaban J connectivity index is 1.59. The van der Waals surface area contributed by atoms with Gasteiger partial charge in [0, 0.05) is 12.2 Å². The molecule has 1 N–H and O–H groups in total. The molecule has 3 aromatic carbocycles. The largest absolute Gasteiger partial charge is 0.497 e. The lowest BCUT2D eigenvalue weighted by Crippen LogP contribution is -2.37. The van der Waals surface area contributed by atoms with Gasteiger partial charge in [-0.2, -0.15) is 0 Å². The zero-order valence-electron chi connectivity index (χ0n) is 18.8. The number of aryl methyl sites for hydroxylation is 1. The summed E-state index contributed by atoms with van der Waals surface area (Å²) in [5.41, 5.74) is 2.46. The van der Waals surface area contributed by atoms with Gasteiger partial charge < -0.3 is 15.0 Å². The molecule has 0 radical (unpaired) electrons. The number of methoxy groups -OCH3 is 1. The molecule has 8 heteroatoms. The lowest BCUT2D eigenvalue weighted by molar-refractivity contribution is -0.124. The summed E-state index contributed by atoms with van der Waals surface area (Å²) in [4.78, 5) is 41.8. The van der Waals surface area contributed by atoms with Crippen LogP contribution in [0.1, 0.15) is 17.5 Å². The third-order valence-corrected chi connectivity index (χ3v) is 5.61. The van der Waals surface area contributed by atoms with Crippen molar-refractivity contribution < 1.29 is 23.5 Å². The van der Waals surface area contributed by atoms with Crippen LogP contribution in [-0.4, -0.2) is 35.9 Å². The number of carbonyl (C=O) groups is 3. The maximum absolute atomic E-state index is 13.7. The molecule has 1 saturated heterocycles. The van der Waals surface area contributed by atoms with Gasteiger partial charge in [-0.3, -0.25) is 9.59 Å². The second-order valence-corrected chi connectivity index (χ2v) is 8.05. The fraction of sp³-hybridized carbons (Fsp3) is 0.192. The van der Waals surface area contributed by atoms with E-state index in [1.54, 1.807) is 61.7 Å². The number of nitrogens with zero attached hydrogens (tertiary/aromatic N) is 2. The second kappa shape index (κ2) is 9.74. The van der Waals surface area contributed by atoms with E-state index >= 15 is 0 Å². The van der Waals surface area contributed by atoms with Crippen molar-refractivity contribution >= 4 is 29.2 Å². The van der Waals surface area contributed by atoms with E-state index in [1.807, 2.05) is 6.92 Å². The van der Waals surface area contributed by atoms with Gasteiger partial charge in [0.05, 0.1) is 19.2 Å². The summed E-state index contributed by atoms with van der Waals surface area (Å²) < 4.78 is 18.9. The molecule has 34 heavy (non-hydrogen) atoms. The first-order valence-electron chi connectivity index (χ1n) is 10.8. The molecule has 174 valence electrons. The monoisotopic (exact) mass is 461 g/mol. The fourth-order valence-electron chi connectivity index (χ4n) is 3.84. The summed E-state index contributed by atoms with van der Waals surface area (Å²) in [7, 11) is 1.54. The van der Waals surface area contributed by atoms with E-state index < -0.39 is 29.7 Å². The Hall–Kier alpha value is -4.20. The molecule has 7 nitrogen and oxygen atoms in total. The van der Waals surface area contributed by atoms with Crippen molar-refractivity contribution in [3.63, 3.8) is 0 Å². The van der Waals surface area contributed by atoms with E-state index in [9.17, 15) is 18.8 Å². The van der Waals surface area contributed by atoms with Gasteiger partial charge >= 0.3 is 6.03 Å². The average molecular weight is 461 g/mol. The number of nitrogens with one attached hydrogen (secondary N) is 1. The molecule has 4 rings (SSSR count). The number of carbonyl (C=O) groups excluding carboxylic acids is 3. The van der Waals surface area contributed by atoms with Crippen LogP contribution < -0.4 is 15.0 Å². The molecule has 0 unspecified atom stereocenters. The van der Waals surface area contributed by atoms with Gasteiger partial charge in [-0.05, 0) is 61.0 Å². The van der Waals surface area contributed by atoms with Crippen molar-refractivity contribution in [2.75, 3.05) is 17.3 Å². The number of hydrogen-bond acceptors (Lipinski definition) is 4. The van der Waals surface area contributed by atoms with Crippen LogP contribution in [0.3, 0.4) is 0 Å². The maximum Gasteiger partial charge on any atom is 0.332 e. The van der Waals surface area contributed by atoms with Crippen molar-refractivity contribution in [1.29, 1.82) is 0 Å². The van der Waals surface area contributed by atoms with E-state index in [-0.39, 0.29) is 13.0 Å².